The highest BCUT2D eigenvalue weighted by atomic mass is 16.5. The Kier molecular flexibility index (Phi) is 4.32. The molecule has 1 unspecified atom stereocenters. The Morgan fingerprint density at radius 1 is 1.00 bits per heavy atom. The molecule has 2 aliphatic rings. The maximum atomic E-state index is 10.4. The molecule has 2 aliphatic heterocycles. The molecule has 0 saturated carbocycles. The topological polar surface area (TPSA) is 61.7 Å². The molecular formula is C18H22N4O2. The summed E-state index contributed by atoms with van der Waals surface area (Å²) in [5.74, 6) is 1.86. The van der Waals surface area contributed by atoms with Crippen LogP contribution in [-0.2, 0) is 11.3 Å². The molecule has 0 amide bonds. The van der Waals surface area contributed by atoms with E-state index in [1.807, 2.05) is 24.3 Å². The molecule has 0 spiro atoms. The molecule has 6 nitrogen and oxygen atoms in total. The molecule has 0 aliphatic carbocycles. The lowest BCUT2D eigenvalue weighted by Gasteiger charge is -2.29. The lowest BCUT2D eigenvalue weighted by molar-refractivity contribution is 0.122. The summed E-state index contributed by atoms with van der Waals surface area (Å²) in [5.41, 5.74) is 2.19. The number of hydrogen-bond acceptors (Lipinski definition) is 6. The van der Waals surface area contributed by atoms with Crippen LogP contribution >= 0.6 is 0 Å². The lowest BCUT2D eigenvalue weighted by Crippen LogP contribution is -2.37. The van der Waals surface area contributed by atoms with Crippen molar-refractivity contribution >= 4 is 11.6 Å². The van der Waals surface area contributed by atoms with E-state index in [4.69, 9.17) is 4.74 Å². The molecule has 24 heavy (non-hydrogen) atoms. The van der Waals surface area contributed by atoms with Crippen molar-refractivity contribution in [3.63, 3.8) is 0 Å². The highest BCUT2D eigenvalue weighted by molar-refractivity contribution is 5.51. The summed E-state index contributed by atoms with van der Waals surface area (Å²) in [4.78, 5) is 13.4. The second kappa shape index (κ2) is 6.75. The quantitative estimate of drug-likeness (QED) is 0.907. The highest BCUT2D eigenvalue weighted by Crippen LogP contribution is 2.29. The normalized spacial score (nSPS) is 21.3. The Bertz CT molecular complexity index is 703. The fraction of sp³-hybridized carbons (Fsp3) is 0.444. The molecule has 126 valence electrons. The van der Waals surface area contributed by atoms with E-state index in [1.165, 1.54) is 0 Å². The molecule has 1 N–H and O–H groups in total. The third-order valence-corrected chi connectivity index (χ3v) is 4.75. The van der Waals surface area contributed by atoms with Gasteiger partial charge < -0.3 is 19.6 Å². The Hall–Kier alpha value is -2.18. The monoisotopic (exact) mass is 326 g/mol. The van der Waals surface area contributed by atoms with Gasteiger partial charge >= 0.3 is 0 Å². The molecule has 1 aromatic carbocycles. The first-order valence-electron chi connectivity index (χ1n) is 8.47. The summed E-state index contributed by atoms with van der Waals surface area (Å²) in [6, 6.07) is 10.2. The molecule has 2 aromatic rings. The maximum absolute atomic E-state index is 10.4. The number of nitrogens with zero attached hydrogens (tertiary/aromatic N) is 4. The van der Waals surface area contributed by atoms with Gasteiger partial charge in [0.2, 0.25) is 0 Å². The van der Waals surface area contributed by atoms with Crippen LogP contribution in [0.25, 0.3) is 0 Å². The minimum absolute atomic E-state index is 0.410. The van der Waals surface area contributed by atoms with Crippen LogP contribution in [0, 0.1) is 0 Å². The van der Waals surface area contributed by atoms with Crippen LogP contribution < -0.4 is 9.80 Å². The van der Waals surface area contributed by atoms with Gasteiger partial charge in [0.25, 0.3) is 0 Å². The molecule has 1 aromatic heterocycles. The van der Waals surface area contributed by atoms with E-state index in [2.05, 4.69) is 25.8 Å². The van der Waals surface area contributed by atoms with Gasteiger partial charge in [-0.3, -0.25) is 0 Å². The SMILES string of the molecule is OC1CCN(c2cc(N3CCOCC3)ncn2)Cc2ccccc21. The van der Waals surface area contributed by atoms with E-state index in [0.29, 0.717) is 6.42 Å². The zero-order chi connectivity index (χ0) is 16.4. The molecule has 3 heterocycles. The summed E-state index contributed by atoms with van der Waals surface area (Å²) >= 11 is 0. The van der Waals surface area contributed by atoms with Crippen LogP contribution in [0.4, 0.5) is 11.6 Å². The highest BCUT2D eigenvalue weighted by Gasteiger charge is 2.22. The molecular weight excluding hydrogens is 304 g/mol. The molecule has 1 fully saturated rings. The van der Waals surface area contributed by atoms with Crippen molar-refractivity contribution in [2.75, 3.05) is 42.6 Å². The first kappa shape index (κ1) is 15.4. The summed E-state index contributed by atoms with van der Waals surface area (Å²) in [5, 5.41) is 10.4. The third-order valence-electron chi connectivity index (χ3n) is 4.75. The smallest absolute Gasteiger partial charge is 0.134 e. The molecule has 4 rings (SSSR count). The number of fused-ring (bicyclic) bond motifs is 1. The standard InChI is InChI=1S/C18H22N4O2/c23-16-5-6-22(12-14-3-1-2-4-15(14)16)18-11-17(19-13-20-18)21-7-9-24-10-8-21/h1-4,11,13,16,23H,5-10,12H2. The van der Waals surface area contributed by atoms with Gasteiger partial charge in [0.05, 0.1) is 19.3 Å². The Labute approximate surface area is 141 Å². The molecule has 6 heteroatoms. The number of anilines is 2. The van der Waals surface area contributed by atoms with Gasteiger partial charge in [-0.05, 0) is 17.5 Å². The zero-order valence-corrected chi connectivity index (χ0v) is 13.6. The largest absolute Gasteiger partial charge is 0.388 e. The van der Waals surface area contributed by atoms with Crippen molar-refractivity contribution in [1.29, 1.82) is 0 Å². The van der Waals surface area contributed by atoms with Crippen LogP contribution in [0.1, 0.15) is 23.7 Å². The van der Waals surface area contributed by atoms with Gasteiger partial charge in [0.1, 0.15) is 18.0 Å². The van der Waals surface area contributed by atoms with Crippen LogP contribution in [0.5, 0.6) is 0 Å². The Morgan fingerprint density at radius 3 is 2.58 bits per heavy atom. The van der Waals surface area contributed by atoms with Crippen molar-refractivity contribution in [2.45, 2.75) is 19.1 Å². The molecule has 0 bridgehead atoms. The number of morpholine rings is 1. The van der Waals surface area contributed by atoms with Gasteiger partial charge in [0.15, 0.2) is 0 Å². The molecule has 0 radical (unpaired) electrons. The second-order valence-electron chi connectivity index (χ2n) is 6.26. The number of rotatable bonds is 2. The lowest BCUT2D eigenvalue weighted by atomic mass is 10.0. The van der Waals surface area contributed by atoms with E-state index in [-0.39, 0.29) is 0 Å². The van der Waals surface area contributed by atoms with Gasteiger partial charge in [-0.25, -0.2) is 9.97 Å². The van der Waals surface area contributed by atoms with E-state index in [1.54, 1.807) is 6.33 Å². The average molecular weight is 326 g/mol. The minimum Gasteiger partial charge on any atom is -0.388 e. The summed E-state index contributed by atoms with van der Waals surface area (Å²) < 4.78 is 5.41. The van der Waals surface area contributed by atoms with E-state index >= 15 is 0 Å². The van der Waals surface area contributed by atoms with Crippen molar-refractivity contribution in [3.8, 4) is 0 Å². The summed E-state index contributed by atoms with van der Waals surface area (Å²) in [6.07, 6.45) is 1.92. The minimum atomic E-state index is -0.410. The Balaban J connectivity index is 1.59. The maximum Gasteiger partial charge on any atom is 0.134 e. The number of aromatic nitrogens is 2. The van der Waals surface area contributed by atoms with Crippen molar-refractivity contribution in [1.82, 2.24) is 9.97 Å². The van der Waals surface area contributed by atoms with E-state index in [0.717, 1.165) is 62.2 Å². The van der Waals surface area contributed by atoms with Crippen LogP contribution in [-0.4, -0.2) is 47.9 Å². The van der Waals surface area contributed by atoms with Gasteiger partial charge in [-0.1, -0.05) is 24.3 Å². The number of benzene rings is 1. The van der Waals surface area contributed by atoms with E-state index < -0.39 is 6.10 Å². The molecule has 1 atom stereocenters. The predicted molar refractivity (Wildman–Crippen MR) is 92.1 cm³/mol. The van der Waals surface area contributed by atoms with Gasteiger partial charge in [0, 0.05) is 32.2 Å². The van der Waals surface area contributed by atoms with Crippen molar-refractivity contribution in [3.05, 3.63) is 47.8 Å². The van der Waals surface area contributed by atoms with Crippen LogP contribution in [0.2, 0.25) is 0 Å². The first-order valence-corrected chi connectivity index (χ1v) is 8.47. The van der Waals surface area contributed by atoms with Crippen molar-refractivity contribution in [2.24, 2.45) is 0 Å². The fourth-order valence-electron chi connectivity index (χ4n) is 3.39. The van der Waals surface area contributed by atoms with E-state index in [9.17, 15) is 5.11 Å². The van der Waals surface area contributed by atoms with Crippen molar-refractivity contribution < 1.29 is 9.84 Å². The number of aliphatic hydroxyl groups is 1. The number of aliphatic hydroxyl groups excluding tert-OH is 1. The molecule has 1 saturated heterocycles. The Morgan fingerprint density at radius 2 is 1.75 bits per heavy atom. The predicted octanol–water partition coefficient (Wildman–Crippen LogP) is 1.76. The van der Waals surface area contributed by atoms with Crippen LogP contribution in [0.15, 0.2) is 36.7 Å². The summed E-state index contributed by atoms with van der Waals surface area (Å²) in [6.45, 7) is 4.73. The third kappa shape index (κ3) is 3.07. The number of ether oxygens (including phenoxy) is 1. The van der Waals surface area contributed by atoms with Gasteiger partial charge in [-0.15, -0.1) is 0 Å². The van der Waals surface area contributed by atoms with Gasteiger partial charge in [-0.2, -0.15) is 0 Å². The zero-order valence-electron chi connectivity index (χ0n) is 13.6. The van der Waals surface area contributed by atoms with Crippen LogP contribution in [0.3, 0.4) is 0 Å². The second-order valence-corrected chi connectivity index (χ2v) is 6.26. The summed E-state index contributed by atoms with van der Waals surface area (Å²) in [7, 11) is 0. The fourth-order valence-corrected chi connectivity index (χ4v) is 3.39. The average Bonchev–Trinajstić information content (AvgIpc) is 2.82. The first-order chi connectivity index (χ1) is 11.8. The number of hydrogen-bond donors (Lipinski definition) is 1.